The van der Waals surface area contributed by atoms with Gasteiger partial charge >= 0.3 is 0 Å². The SMILES string of the molecule is C=C1NC(C)=CC(C)=C1Cc1cc(C#CC2CCN(C)CC2)cc(N(CC)C2CCCCC2)c1C.CCN. The molecule has 2 aliphatic heterocycles. The highest BCUT2D eigenvalue weighted by Crippen LogP contribution is 2.34. The Kier molecular flexibility index (Phi) is 11.6. The summed E-state index contributed by atoms with van der Waals surface area (Å²) >= 11 is 0. The second-order valence-electron chi connectivity index (χ2n) is 11.4. The van der Waals surface area contributed by atoms with Gasteiger partial charge in [-0.1, -0.05) is 44.6 Å². The van der Waals surface area contributed by atoms with Gasteiger partial charge < -0.3 is 20.9 Å². The van der Waals surface area contributed by atoms with Crippen LogP contribution in [-0.2, 0) is 6.42 Å². The van der Waals surface area contributed by atoms with E-state index < -0.39 is 0 Å². The van der Waals surface area contributed by atoms with Crippen LogP contribution in [0.1, 0.15) is 89.3 Å². The number of nitrogens with one attached hydrogen (secondary N) is 1. The number of anilines is 1. The highest BCUT2D eigenvalue weighted by atomic mass is 15.2. The molecule has 0 unspecified atom stereocenters. The van der Waals surface area contributed by atoms with E-state index in [2.05, 4.69) is 86.5 Å². The van der Waals surface area contributed by atoms with Crippen molar-refractivity contribution in [3.63, 3.8) is 0 Å². The first kappa shape index (κ1) is 30.1. The lowest BCUT2D eigenvalue weighted by atomic mass is 9.89. The Balaban J connectivity index is 0.00000127. The van der Waals surface area contributed by atoms with Gasteiger partial charge in [0.2, 0.25) is 0 Å². The second kappa shape index (κ2) is 14.6. The zero-order chi connectivity index (χ0) is 27.7. The first-order chi connectivity index (χ1) is 18.3. The van der Waals surface area contributed by atoms with Crippen LogP contribution in [0.3, 0.4) is 0 Å². The van der Waals surface area contributed by atoms with Gasteiger partial charge in [0.25, 0.3) is 0 Å². The fourth-order valence-corrected chi connectivity index (χ4v) is 6.10. The molecule has 1 aromatic rings. The Morgan fingerprint density at radius 1 is 1.05 bits per heavy atom. The highest BCUT2D eigenvalue weighted by Gasteiger charge is 2.24. The molecule has 3 aliphatic rings. The molecule has 4 rings (SSSR count). The smallest absolute Gasteiger partial charge is 0.0413 e. The molecule has 1 aromatic carbocycles. The van der Waals surface area contributed by atoms with E-state index in [0.717, 1.165) is 38.3 Å². The third kappa shape index (κ3) is 8.01. The minimum Gasteiger partial charge on any atom is -0.369 e. The van der Waals surface area contributed by atoms with Crippen molar-refractivity contribution >= 4 is 5.69 Å². The van der Waals surface area contributed by atoms with Gasteiger partial charge in [-0.15, -0.1) is 0 Å². The maximum atomic E-state index is 4.85. The van der Waals surface area contributed by atoms with Crippen molar-refractivity contribution in [3.8, 4) is 11.8 Å². The summed E-state index contributed by atoms with van der Waals surface area (Å²) in [6.45, 7) is 19.3. The Morgan fingerprint density at radius 3 is 2.32 bits per heavy atom. The summed E-state index contributed by atoms with van der Waals surface area (Å²) in [5.74, 6) is 7.79. The molecule has 1 aliphatic carbocycles. The van der Waals surface area contributed by atoms with Gasteiger partial charge in [0.15, 0.2) is 0 Å². The first-order valence-corrected chi connectivity index (χ1v) is 14.9. The molecule has 2 heterocycles. The molecule has 0 spiro atoms. The van der Waals surface area contributed by atoms with Crippen molar-refractivity contribution < 1.29 is 0 Å². The number of nitrogens with two attached hydrogens (primary N) is 1. The molecule has 0 amide bonds. The molecule has 3 N–H and O–H groups in total. The van der Waals surface area contributed by atoms with Gasteiger partial charge in [-0.3, -0.25) is 0 Å². The van der Waals surface area contributed by atoms with Crippen molar-refractivity contribution in [2.24, 2.45) is 11.7 Å². The van der Waals surface area contributed by atoms with Crippen molar-refractivity contribution in [2.75, 3.05) is 38.1 Å². The monoisotopic (exact) mass is 516 g/mol. The van der Waals surface area contributed by atoms with Gasteiger partial charge in [-0.05, 0) is 121 Å². The van der Waals surface area contributed by atoms with Crippen LogP contribution in [0.2, 0.25) is 0 Å². The number of piperidine rings is 1. The Morgan fingerprint density at radius 2 is 1.71 bits per heavy atom. The number of dihydropyridines is 1. The quantitative estimate of drug-likeness (QED) is 0.428. The molecule has 208 valence electrons. The van der Waals surface area contributed by atoms with Crippen LogP contribution in [0, 0.1) is 24.7 Å². The first-order valence-electron chi connectivity index (χ1n) is 14.9. The fraction of sp³-hybridized carbons (Fsp3) is 0.588. The molecular formula is C34H52N4. The third-order valence-electron chi connectivity index (χ3n) is 8.28. The zero-order valence-electron chi connectivity index (χ0n) is 25.1. The predicted octanol–water partition coefficient (Wildman–Crippen LogP) is 6.69. The average Bonchev–Trinajstić information content (AvgIpc) is 2.89. The molecule has 0 aromatic heterocycles. The molecule has 0 atom stereocenters. The number of likely N-dealkylation sites (tertiary alicyclic amines) is 1. The predicted molar refractivity (Wildman–Crippen MR) is 165 cm³/mol. The van der Waals surface area contributed by atoms with E-state index in [1.165, 1.54) is 84.2 Å². The largest absolute Gasteiger partial charge is 0.369 e. The Labute approximate surface area is 233 Å². The lowest BCUT2D eigenvalue weighted by molar-refractivity contribution is 0.248. The van der Waals surface area contributed by atoms with Gasteiger partial charge in [0.05, 0.1) is 0 Å². The van der Waals surface area contributed by atoms with Crippen LogP contribution >= 0.6 is 0 Å². The molecule has 0 bridgehead atoms. The molecular weight excluding hydrogens is 464 g/mol. The average molecular weight is 517 g/mol. The van der Waals surface area contributed by atoms with Crippen molar-refractivity contribution in [2.45, 2.75) is 92.0 Å². The topological polar surface area (TPSA) is 44.5 Å². The van der Waals surface area contributed by atoms with E-state index in [9.17, 15) is 0 Å². The number of nitrogens with zero attached hydrogens (tertiary/aromatic N) is 2. The molecule has 0 radical (unpaired) electrons. The summed E-state index contributed by atoms with van der Waals surface area (Å²) in [4.78, 5) is 5.10. The Hall–Kier alpha value is -2.48. The summed E-state index contributed by atoms with van der Waals surface area (Å²) in [7, 11) is 2.22. The van der Waals surface area contributed by atoms with Crippen LogP contribution in [0.4, 0.5) is 5.69 Å². The Bertz CT molecular complexity index is 1070. The van der Waals surface area contributed by atoms with Gasteiger partial charge in [-0.25, -0.2) is 0 Å². The summed E-state index contributed by atoms with van der Waals surface area (Å²) in [6.07, 6.45) is 12.2. The lowest BCUT2D eigenvalue weighted by Gasteiger charge is -2.37. The van der Waals surface area contributed by atoms with E-state index in [-0.39, 0.29) is 0 Å². The van der Waals surface area contributed by atoms with E-state index in [1.54, 1.807) is 0 Å². The maximum Gasteiger partial charge on any atom is 0.0413 e. The third-order valence-corrected chi connectivity index (χ3v) is 8.28. The second-order valence-corrected chi connectivity index (χ2v) is 11.4. The van der Waals surface area contributed by atoms with Crippen LogP contribution in [-0.4, -0.2) is 44.2 Å². The van der Waals surface area contributed by atoms with E-state index in [4.69, 9.17) is 5.73 Å². The minimum atomic E-state index is 0.514. The van der Waals surface area contributed by atoms with Gasteiger partial charge in [0.1, 0.15) is 0 Å². The molecule has 4 heteroatoms. The van der Waals surface area contributed by atoms with Crippen LogP contribution < -0.4 is 16.0 Å². The number of rotatable bonds is 5. The normalized spacial score (nSPS) is 19.1. The van der Waals surface area contributed by atoms with E-state index in [0.29, 0.717) is 12.0 Å². The highest BCUT2D eigenvalue weighted by molar-refractivity contribution is 5.63. The maximum absolute atomic E-state index is 4.85. The molecule has 2 fully saturated rings. The summed E-state index contributed by atoms with van der Waals surface area (Å²) in [5.41, 5.74) is 15.0. The lowest BCUT2D eigenvalue weighted by Crippen LogP contribution is -2.37. The minimum absolute atomic E-state index is 0.514. The molecule has 4 nitrogen and oxygen atoms in total. The number of hydrogen-bond acceptors (Lipinski definition) is 4. The van der Waals surface area contributed by atoms with Crippen LogP contribution in [0.25, 0.3) is 0 Å². The van der Waals surface area contributed by atoms with Gasteiger partial charge in [0, 0.05) is 47.6 Å². The van der Waals surface area contributed by atoms with Crippen molar-refractivity contribution in [1.82, 2.24) is 10.2 Å². The molecule has 38 heavy (non-hydrogen) atoms. The van der Waals surface area contributed by atoms with Gasteiger partial charge in [-0.2, -0.15) is 0 Å². The van der Waals surface area contributed by atoms with Crippen LogP contribution in [0.5, 0.6) is 0 Å². The van der Waals surface area contributed by atoms with Crippen LogP contribution in [0.15, 0.2) is 47.3 Å². The summed E-state index contributed by atoms with van der Waals surface area (Å²) < 4.78 is 0. The number of hydrogen-bond donors (Lipinski definition) is 2. The van der Waals surface area contributed by atoms with Crippen molar-refractivity contribution in [1.29, 1.82) is 0 Å². The molecule has 1 saturated heterocycles. The summed E-state index contributed by atoms with van der Waals surface area (Å²) in [5, 5.41) is 3.45. The number of benzene rings is 1. The standard InChI is InChI=1S/C32H45N3.C2H7N/c1-7-35(30-11-9-8-10-12-30)32-21-28(14-13-27-15-17-34(6)18-16-27)20-29(25(32)4)22-31-23(2)19-24(3)33-26(31)5;1-2-3/h19-21,27,30,33H,5,7-12,15-18,22H2,1-4,6H3;2-3H2,1H3. The van der Waals surface area contributed by atoms with E-state index >= 15 is 0 Å². The zero-order valence-corrected chi connectivity index (χ0v) is 25.1. The van der Waals surface area contributed by atoms with Crippen molar-refractivity contribution in [3.05, 3.63) is 64.0 Å². The van der Waals surface area contributed by atoms with E-state index in [1.807, 2.05) is 6.92 Å². The number of allylic oxidation sites excluding steroid dienone is 4. The fourth-order valence-electron chi connectivity index (χ4n) is 6.10. The summed E-state index contributed by atoms with van der Waals surface area (Å²) in [6, 6.07) is 5.39. The molecule has 1 saturated carbocycles.